The van der Waals surface area contributed by atoms with Crippen LogP contribution >= 0.6 is 12.4 Å². The second kappa shape index (κ2) is 15.0. The Labute approximate surface area is 243 Å². The maximum absolute atomic E-state index is 12.2. The summed E-state index contributed by atoms with van der Waals surface area (Å²) in [4.78, 5) is 28.6. The molecule has 0 spiro atoms. The molecule has 0 atom stereocenters. The first-order chi connectivity index (χ1) is 18.9. The Hall–Kier alpha value is -3.17. The molecule has 0 saturated carbocycles. The number of benzene rings is 2. The molecule has 2 aromatic carbocycles. The molecule has 0 aliphatic carbocycles. The van der Waals surface area contributed by atoms with Crippen LogP contribution in [0, 0.1) is 5.41 Å². The average Bonchev–Trinajstić information content (AvgIpc) is 2.93. The highest BCUT2D eigenvalue weighted by Gasteiger charge is 2.29. The Balaban J connectivity index is 0.00000441. The minimum absolute atomic E-state index is 0. The fraction of sp³-hybridized carbons (Fsp3) is 0.533. The van der Waals surface area contributed by atoms with Crippen molar-refractivity contribution in [3.8, 4) is 17.2 Å². The second-order valence-corrected chi connectivity index (χ2v) is 10.5. The summed E-state index contributed by atoms with van der Waals surface area (Å²) in [6.45, 7) is 12.1. The molecule has 1 amide bonds. The van der Waals surface area contributed by atoms with Crippen LogP contribution in [0.5, 0.6) is 17.2 Å². The van der Waals surface area contributed by atoms with E-state index in [1.165, 1.54) is 0 Å². The molecule has 220 valence electrons. The first-order valence-electron chi connectivity index (χ1n) is 13.9. The third-order valence-electron chi connectivity index (χ3n) is 7.11. The van der Waals surface area contributed by atoms with E-state index in [2.05, 4.69) is 21.2 Å². The minimum atomic E-state index is -0.575. The molecular weight excluding hydrogens is 534 g/mol. The Morgan fingerprint density at radius 3 is 2.58 bits per heavy atom. The highest BCUT2D eigenvalue weighted by atomic mass is 35.5. The van der Waals surface area contributed by atoms with E-state index >= 15 is 0 Å². The monoisotopic (exact) mass is 575 g/mol. The van der Waals surface area contributed by atoms with E-state index in [0.29, 0.717) is 37.7 Å². The van der Waals surface area contributed by atoms with Gasteiger partial charge in [0.1, 0.15) is 17.2 Å². The van der Waals surface area contributed by atoms with Gasteiger partial charge in [-0.25, -0.2) is 0 Å². The number of hydrogen-bond donors (Lipinski definition) is 1. The van der Waals surface area contributed by atoms with Crippen molar-refractivity contribution in [3.63, 3.8) is 0 Å². The van der Waals surface area contributed by atoms with Gasteiger partial charge in [0, 0.05) is 32.2 Å². The number of piperazine rings is 1. The highest BCUT2D eigenvalue weighted by molar-refractivity contribution is 5.95. The summed E-state index contributed by atoms with van der Waals surface area (Å²) in [5.41, 5.74) is 1.19. The van der Waals surface area contributed by atoms with Crippen LogP contribution in [0.4, 0.5) is 11.4 Å². The van der Waals surface area contributed by atoms with Gasteiger partial charge in [-0.15, -0.1) is 12.4 Å². The Morgan fingerprint density at radius 1 is 1.02 bits per heavy atom. The van der Waals surface area contributed by atoms with Crippen LogP contribution < -0.4 is 24.4 Å². The van der Waals surface area contributed by atoms with E-state index in [9.17, 15) is 9.59 Å². The number of anilines is 2. The molecule has 4 rings (SSSR count). The normalized spacial score (nSPS) is 15.3. The SMILES string of the molecule is CCOC(=O)C(C)(C)CCOc1ccccc1N1CCN(CCCCOc2ccc3c(c2)NC(=O)CO3)CC1.Cl. The van der Waals surface area contributed by atoms with Crippen LogP contribution in [0.25, 0.3) is 0 Å². The maximum atomic E-state index is 12.2. The largest absolute Gasteiger partial charge is 0.494 e. The number of halogens is 1. The van der Waals surface area contributed by atoms with E-state index in [4.69, 9.17) is 18.9 Å². The van der Waals surface area contributed by atoms with Crippen molar-refractivity contribution >= 4 is 35.7 Å². The van der Waals surface area contributed by atoms with Crippen molar-refractivity contribution in [2.24, 2.45) is 5.41 Å². The number of hydrogen-bond acceptors (Lipinski definition) is 8. The molecule has 1 fully saturated rings. The van der Waals surface area contributed by atoms with Crippen molar-refractivity contribution in [2.75, 3.05) is 69.4 Å². The molecule has 1 N–H and O–H groups in total. The van der Waals surface area contributed by atoms with Crippen molar-refractivity contribution in [1.29, 1.82) is 0 Å². The molecule has 2 heterocycles. The quantitative estimate of drug-likeness (QED) is 0.270. The molecule has 9 nitrogen and oxygen atoms in total. The molecular formula is C30H42ClN3O6. The zero-order chi connectivity index (χ0) is 27.7. The second-order valence-electron chi connectivity index (χ2n) is 10.5. The van der Waals surface area contributed by atoms with Crippen LogP contribution in [0.3, 0.4) is 0 Å². The predicted octanol–water partition coefficient (Wildman–Crippen LogP) is 4.78. The Kier molecular flexibility index (Phi) is 11.8. The molecule has 2 aliphatic rings. The summed E-state index contributed by atoms with van der Waals surface area (Å²) in [5, 5.41) is 2.81. The number of carbonyl (C=O) groups is 2. The number of amides is 1. The van der Waals surface area contributed by atoms with E-state index < -0.39 is 5.41 Å². The summed E-state index contributed by atoms with van der Waals surface area (Å²) in [6, 6.07) is 13.7. The molecule has 0 unspecified atom stereocenters. The van der Waals surface area contributed by atoms with Crippen LogP contribution in [0.1, 0.15) is 40.0 Å². The van der Waals surface area contributed by atoms with Gasteiger partial charge in [-0.05, 0) is 70.8 Å². The molecule has 0 aromatic heterocycles. The van der Waals surface area contributed by atoms with Crippen LogP contribution in [0.2, 0.25) is 0 Å². The number of unbranched alkanes of at least 4 members (excludes halogenated alkanes) is 1. The number of nitrogens with one attached hydrogen (secondary N) is 1. The van der Waals surface area contributed by atoms with Gasteiger partial charge in [0.05, 0.1) is 36.6 Å². The zero-order valence-electron chi connectivity index (χ0n) is 23.8. The number of nitrogens with zero attached hydrogens (tertiary/aromatic N) is 2. The van der Waals surface area contributed by atoms with Crippen molar-refractivity contribution in [3.05, 3.63) is 42.5 Å². The number of ether oxygens (including phenoxy) is 4. The molecule has 0 bridgehead atoms. The van der Waals surface area contributed by atoms with Gasteiger partial charge in [-0.2, -0.15) is 0 Å². The fourth-order valence-corrected chi connectivity index (χ4v) is 4.68. The van der Waals surface area contributed by atoms with Gasteiger partial charge >= 0.3 is 5.97 Å². The van der Waals surface area contributed by atoms with Gasteiger partial charge in [-0.3, -0.25) is 14.5 Å². The van der Waals surface area contributed by atoms with Crippen molar-refractivity contribution in [2.45, 2.75) is 40.0 Å². The lowest BCUT2D eigenvalue weighted by atomic mass is 9.90. The number of para-hydroxylation sites is 2. The van der Waals surface area contributed by atoms with Gasteiger partial charge < -0.3 is 29.2 Å². The molecule has 0 radical (unpaired) electrons. The Bertz CT molecular complexity index is 1120. The first kappa shape index (κ1) is 31.4. The molecule has 2 aliphatic heterocycles. The van der Waals surface area contributed by atoms with E-state index in [-0.39, 0.29) is 30.9 Å². The minimum Gasteiger partial charge on any atom is -0.494 e. The summed E-state index contributed by atoms with van der Waals surface area (Å²) in [7, 11) is 0. The van der Waals surface area contributed by atoms with Gasteiger partial charge in [0.15, 0.2) is 6.61 Å². The lowest BCUT2D eigenvalue weighted by molar-refractivity contribution is -0.154. The average molecular weight is 576 g/mol. The smallest absolute Gasteiger partial charge is 0.311 e. The topological polar surface area (TPSA) is 89.6 Å². The lowest BCUT2D eigenvalue weighted by Gasteiger charge is -2.36. The van der Waals surface area contributed by atoms with Crippen molar-refractivity contribution < 1.29 is 28.5 Å². The lowest BCUT2D eigenvalue weighted by Crippen LogP contribution is -2.46. The van der Waals surface area contributed by atoms with Crippen molar-refractivity contribution in [1.82, 2.24) is 4.90 Å². The standard InChI is InChI=1S/C30H41N3O6.ClH/c1-4-36-29(35)30(2,3)13-20-38-27-10-6-5-9-25(27)33-17-15-32(16-18-33)14-7-8-19-37-23-11-12-26-24(21-23)31-28(34)22-39-26;/h5-6,9-12,21H,4,7-8,13-20,22H2,1-3H3,(H,31,34);1H. The molecule has 10 heteroatoms. The number of rotatable bonds is 13. The zero-order valence-corrected chi connectivity index (χ0v) is 24.6. The van der Waals surface area contributed by atoms with Gasteiger partial charge in [-0.1, -0.05) is 12.1 Å². The summed E-state index contributed by atoms with van der Waals surface area (Å²) in [5.74, 6) is 1.93. The van der Waals surface area contributed by atoms with Gasteiger partial charge in [0.2, 0.25) is 0 Å². The summed E-state index contributed by atoms with van der Waals surface area (Å²) in [6.07, 6.45) is 2.61. The third kappa shape index (κ3) is 8.66. The van der Waals surface area contributed by atoms with Gasteiger partial charge in [0.25, 0.3) is 5.91 Å². The third-order valence-corrected chi connectivity index (χ3v) is 7.11. The summed E-state index contributed by atoms with van der Waals surface area (Å²) < 4.78 is 22.6. The number of fused-ring (bicyclic) bond motifs is 1. The molecule has 1 saturated heterocycles. The number of esters is 1. The predicted molar refractivity (Wildman–Crippen MR) is 158 cm³/mol. The van der Waals surface area contributed by atoms with E-state index in [0.717, 1.165) is 62.8 Å². The van der Waals surface area contributed by atoms with Crippen LogP contribution in [0.15, 0.2) is 42.5 Å². The van der Waals surface area contributed by atoms with E-state index in [1.807, 2.05) is 57.2 Å². The molecule has 2 aromatic rings. The summed E-state index contributed by atoms with van der Waals surface area (Å²) >= 11 is 0. The Morgan fingerprint density at radius 2 is 1.80 bits per heavy atom. The number of carbonyl (C=O) groups excluding carboxylic acids is 2. The van der Waals surface area contributed by atoms with Crippen LogP contribution in [-0.4, -0.2) is 75.9 Å². The van der Waals surface area contributed by atoms with E-state index in [1.54, 1.807) is 0 Å². The first-order valence-corrected chi connectivity index (χ1v) is 13.9. The highest BCUT2D eigenvalue weighted by Crippen LogP contribution is 2.32. The van der Waals surface area contributed by atoms with Crippen LogP contribution in [-0.2, 0) is 14.3 Å². The fourth-order valence-electron chi connectivity index (χ4n) is 4.68. The maximum Gasteiger partial charge on any atom is 0.311 e. The molecule has 40 heavy (non-hydrogen) atoms.